The molecular weight excluding hydrogens is 625 g/mol. The molecule has 0 bridgehead atoms. The van der Waals surface area contributed by atoms with Gasteiger partial charge in [-0.05, 0) is 94.5 Å². The number of likely N-dealkylation sites (tertiary alicyclic amines) is 1. The van der Waals surface area contributed by atoms with Crippen molar-refractivity contribution < 1.29 is 19.7 Å². The Bertz CT molecular complexity index is 1700. The first-order valence-corrected chi connectivity index (χ1v) is 18.0. The van der Waals surface area contributed by atoms with Gasteiger partial charge >= 0.3 is 4.87 Å². The number of rotatable bonds is 16. The third kappa shape index (κ3) is 8.47. The van der Waals surface area contributed by atoms with E-state index in [1.807, 2.05) is 29.2 Å². The minimum Gasteiger partial charge on any atom is -0.508 e. The maximum absolute atomic E-state index is 13.2. The summed E-state index contributed by atoms with van der Waals surface area (Å²) in [5.74, 6) is 0.512. The Morgan fingerprint density at radius 2 is 1.79 bits per heavy atom. The quantitative estimate of drug-likeness (QED) is 0.117. The molecule has 4 aromatic rings. The van der Waals surface area contributed by atoms with Gasteiger partial charge in [0, 0.05) is 30.1 Å². The number of carbonyl (C=O) groups excluding carboxylic acids is 1. The van der Waals surface area contributed by atoms with E-state index in [9.17, 15) is 19.8 Å². The third-order valence-electron chi connectivity index (χ3n) is 9.92. The van der Waals surface area contributed by atoms with Crippen LogP contribution in [-0.4, -0.2) is 89.9 Å². The number of aromatic amines is 1. The fourth-order valence-corrected chi connectivity index (χ4v) is 7.71. The van der Waals surface area contributed by atoms with Crippen molar-refractivity contribution in [1.82, 2.24) is 20.1 Å². The van der Waals surface area contributed by atoms with Crippen LogP contribution in [0.3, 0.4) is 0 Å². The summed E-state index contributed by atoms with van der Waals surface area (Å²) in [6, 6.07) is 20.1. The Hall–Kier alpha value is -3.70. The summed E-state index contributed by atoms with van der Waals surface area (Å²) in [7, 11) is 2.15. The van der Waals surface area contributed by atoms with E-state index in [0.29, 0.717) is 63.4 Å². The van der Waals surface area contributed by atoms with Crippen molar-refractivity contribution in [2.24, 2.45) is 0 Å². The Morgan fingerprint density at radius 1 is 1.04 bits per heavy atom. The monoisotopic (exact) mass is 674 g/mol. The van der Waals surface area contributed by atoms with Crippen LogP contribution in [-0.2, 0) is 27.8 Å². The van der Waals surface area contributed by atoms with Crippen LogP contribution < -0.4 is 10.2 Å². The fraction of sp³-hybridized carbons (Fsp3) is 0.474. The van der Waals surface area contributed by atoms with Gasteiger partial charge in [-0.15, -0.1) is 0 Å². The van der Waals surface area contributed by atoms with Crippen molar-refractivity contribution in [3.63, 3.8) is 0 Å². The summed E-state index contributed by atoms with van der Waals surface area (Å²) in [6.45, 7) is 8.94. The highest BCUT2D eigenvalue weighted by atomic mass is 32.1. The number of carbonyl (C=O) groups is 1. The molecule has 1 aromatic heterocycles. The Morgan fingerprint density at radius 3 is 2.54 bits per heavy atom. The number of fused-ring (bicyclic) bond motifs is 1. The summed E-state index contributed by atoms with van der Waals surface area (Å²) in [5.41, 5.74) is 4.63. The molecule has 258 valence electrons. The number of thiazole rings is 1. The van der Waals surface area contributed by atoms with Crippen LogP contribution in [0.2, 0.25) is 0 Å². The zero-order valence-electron chi connectivity index (χ0n) is 28.5. The van der Waals surface area contributed by atoms with Crippen LogP contribution in [0.1, 0.15) is 61.8 Å². The summed E-state index contributed by atoms with van der Waals surface area (Å²) >= 11 is 1.11. The number of aromatic nitrogens is 1. The molecule has 1 unspecified atom stereocenters. The molecule has 0 radical (unpaired) electrons. The van der Waals surface area contributed by atoms with Gasteiger partial charge in [-0.3, -0.25) is 9.59 Å². The second-order valence-corrected chi connectivity index (χ2v) is 14.0. The molecule has 1 aliphatic rings. The lowest BCUT2D eigenvalue weighted by Crippen LogP contribution is -2.43. The predicted octanol–water partition coefficient (Wildman–Crippen LogP) is 5.42. The molecule has 1 amide bonds. The molecule has 3 aromatic carbocycles. The van der Waals surface area contributed by atoms with Crippen LogP contribution in [0.15, 0.2) is 65.5 Å². The number of benzene rings is 3. The van der Waals surface area contributed by atoms with Crippen LogP contribution >= 0.6 is 11.3 Å². The number of phenolic OH excluding ortho intramolecular Hbond substituents is 2. The molecule has 2 heterocycles. The summed E-state index contributed by atoms with van der Waals surface area (Å²) in [4.78, 5) is 31.8. The highest BCUT2D eigenvalue weighted by molar-refractivity contribution is 7.16. The second-order valence-electron chi connectivity index (χ2n) is 13.0. The molecule has 5 rings (SSSR count). The molecule has 1 atom stereocenters. The standard InChI is InChI=1S/C38H50N4O5S/c1-4-27(2)42(23-20-39-19-14-29-11-13-33(44)35-36(29)48-37(46)40-35)34(45)16-25-47-24-15-28-10-12-32(43)31(26-28)38(17-21-41(3)22-18-38)30-8-6-5-7-9-30/h5-13,26-27,39,43-44H,4,14-25H2,1-3H3,(H,40,46). The van der Waals surface area contributed by atoms with Gasteiger partial charge < -0.3 is 35.1 Å². The molecule has 4 N–H and O–H groups in total. The Labute approximate surface area is 287 Å². The number of amides is 1. The molecular formula is C38H50N4O5S. The molecule has 1 fully saturated rings. The van der Waals surface area contributed by atoms with Crippen LogP contribution in [0.4, 0.5) is 0 Å². The van der Waals surface area contributed by atoms with Crippen LogP contribution in [0.5, 0.6) is 11.5 Å². The van der Waals surface area contributed by atoms with Gasteiger partial charge in [0.25, 0.3) is 0 Å². The lowest BCUT2D eigenvalue weighted by Gasteiger charge is -2.42. The third-order valence-corrected chi connectivity index (χ3v) is 10.9. The normalized spacial score (nSPS) is 15.5. The van der Waals surface area contributed by atoms with Crippen molar-refractivity contribution in [3.8, 4) is 11.5 Å². The van der Waals surface area contributed by atoms with E-state index in [4.69, 9.17) is 4.74 Å². The fourth-order valence-electron chi connectivity index (χ4n) is 6.82. The number of phenols is 2. The van der Waals surface area contributed by atoms with Crippen LogP contribution in [0.25, 0.3) is 10.2 Å². The van der Waals surface area contributed by atoms with E-state index in [1.165, 1.54) is 5.56 Å². The minimum absolute atomic E-state index is 0.0843. The first kappa shape index (κ1) is 35.6. The zero-order valence-corrected chi connectivity index (χ0v) is 29.3. The topological polar surface area (TPSA) is 118 Å². The SMILES string of the molecule is CCC(C)N(CCNCCc1ccc(O)c2[nH]c(=O)sc12)C(=O)CCOCCc1ccc(O)c(C2(c3ccccc3)CCN(C)CC2)c1. The van der Waals surface area contributed by atoms with Gasteiger partial charge in [-0.25, -0.2) is 0 Å². The van der Waals surface area contributed by atoms with Crippen molar-refractivity contribution in [1.29, 1.82) is 0 Å². The smallest absolute Gasteiger partial charge is 0.305 e. The predicted molar refractivity (Wildman–Crippen MR) is 193 cm³/mol. The van der Waals surface area contributed by atoms with Gasteiger partial charge in [0.05, 0.1) is 24.3 Å². The Balaban J connectivity index is 1.09. The van der Waals surface area contributed by atoms with Crippen molar-refractivity contribution in [2.75, 3.05) is 53.0 Å². The molecule has 1 aliphatic heterocycles. The number of piperidine rings is 1. The van der Waals surface area contributed by atoms with Crippen molar-refractivity contribution in [2.45, 2.75) is 63.8 Å². The van der Waals surface area contributed by atoms with E-state index in [1.54, 1.807) is 6.07 Å². The minimum atomic E-state index is -0.224. The lowest BCUT2D eigenvalue weighted by molar-refractivity contribution is -0.134. The number of hydrogen-bond donors (Lipinski definition) is 4. The number of hydrogen-bond acceptors (Lipinski definition) is 8. The average Bonchev–Trinajstić information content (AvgIpc) is 3.50. The summed E-state index contributed by atoms with van der Waals surface area (Å²) in [6.07, 6.45) is 4.51. The molecule has 0 spiro atoms. The first-order valence-electron chi connectivity index (χ1n) is 17.2. The number of nitrogens with zero attached hydrogens (tertiary/aromatic N) is 2. The lowest BCUT2D eigenvalue weighted by atomic mass is 9.67. The van der Waals surface area contributed by atoms with E-state index in [-0.39, 0.29) is 28.0 Å². The molecule has 1 saturated heterocycles. The number of H-pyrrole nitrogens is 1. The van der Waals surface area contributed by atoms with Gasteiger partial charge in [0.1, 0.15) is 17.0 Å². The summed E-state index contributed by atoms with van der Waals surface area (Å²) < 4.78 is 6.76. The zero-order chi connectivity index (χ0) is 34.1. The van der Waals surface area contributed by atoms with E-state index < -0.39 is 0 Å². The highest BCUT2D eigenvalue weighted by Crippen LogP contribution is 2.45. The largest absolute Gasteiger partial charge is 0.508 e. The molecule has 48 heavy (non-hydrogen) atoms. The van der Waals surface area contributed by atoms with E-state index in [2.05, 4.69) is 66.4 Å². The van der Waals surface area contributed by atoms with Gasteiger partial charge in [-0.1, -0.05) is 66.8 Å². The van der Waals surface area contributed by atoms with Crippen molar-refractivity contribution >= 4 is 27.5 Å². The molecule has 10 heteroatoms. The number of nitrogens with one attached hydrogen (secondary N) is 2. The van der Waals surface area contributed by atoms with E-state index >= 15 is 0 Å². The average molecular weight is 675 g/mol. The van der Waals surface area contributed by atoms with Gasteiger partial charge in [0.2, 0.25) is 5.91 Å². The number of ether oxygens (including phenoxy) is 1. The van der Waals surface area contributed by atoms with Crippen molar-refractivity contribution in [3.05, 3.63) is 92.6 Å². The van der Waals surface area contributed by atoms with E-state index in [0.717, 1.165) is 65.1 Å². The maximum Gasteiger partial charge on any atom is 0.305 e. The molecule has 0 aliphatic carbocycles. The number of aromatic hydroxyl groups is 2. The Kier molecular flexibility index (Phi) is 12.3. The first-order chi connectivity index (χ1) is 23.2. The van der Waals surface area contributed by atoms with Gasteiger partial charge in [-0.2, -0.15) is 0 Å². The molecule has 9 nitrogen and oxygen atoms in total. The highest BCUT2D eigenvalue weighted by Gasteiger charge is 2.39. The maximum atomic E-state index is 13.2. The van der Waals surface area contributed by atoms with Gasteiger partial charge in [0.15, 0.2) is 0 Å². The van der Waals surface area contributed by atoms with Crippen LogP contribution in [0, 0.1) is 0 Å². The summed E-state index contributed by atoms with van der Waals surface area (Å²) in [5, 5.41) is 24.5. The second kappa shape index (κ2) is 16.6. The molecule has 0 saturated carbocycles.